The monoisotopic (exact) mass is 306 g/mol. The Bertz CT molecular complexity index is 660. The highest BCUT2D eigenvalue weighted by molar-refractivity contribution is 5.76. The topological polar surface area (TPSA) is 137 Å². The zero-order valence-corrected chi connectivity index (χ0v) is 12.1. The van der Waals surface area contributed by atoms with Crippen LogP contribution in [0.4, 0.5) is 5.95 Å². The Morgan fingerprint density at radius 2 is 2.36 bits per heavy atom. The summed E-state index contributed by atoms with van der Waals surface area (Å²) >= 11 is 0. The summed E-state index contributed by atoms with van der Waals surface area (Å²) in [6.45, 7) is -0.0507. The van der Waals surface area contributed by atoms with Crippen molar-refractivity contribution in [3.05, 3.63) is 18.0 Å². The third kappa shape index (κ3) is 2.91. The van der Waals surface area contributed by atoms with Crippen LogP contribution in [0.3, 0.4) is 0 Å². The minimum atomic E-state index is -0.295. The van der Waals surface area contributed by atoms with Gasteiger partial charge < -0.3 is 16.2 Å². The van der Waals surface area contributed by atoms with Crippen molar-refractivity contribution in [2.75, 3.05) is 5.73 Å². The van der Waals surface area contributed by atoms with Crippen molar-refractivity contribution in [1.29, 1.82) is 0 Å². The van der Waals surface area contributed by atoms with Crippen LogP contribution in [0.15, 0.2) is 12.4 Å². The number of aliphatic hydroxyl groups excluding tert-OH is 1. The summed E-state index contributed by atoms with van der Waals surface area (Å²) in [6.07, 6.45) is 4.61. The average Bonchev–Trinajstić information content (AvgIpc) is 3.02. The number of hydrogen-bond donors (Lipinski definition) is 3. The number of hydrogen-bond acceptors (Lipinski definition) is 7. The highest BCUT2D eigenvalue weighted by atomic mass is 16.3. The SMILES string of the molecule is Cn1cc([C@H](NC(=O)Cn2nnnc2N)C2CC(O)C2)cn1. The van der Waals surface area contributed by atoms with E-state index in [0.717, 1.165) is 5.56 Å². The zero-order chi connectivity index (χ0) is 15.7. The zero-order valence-electron chi connectivity index (χ0n) is 12.1. The van der Waals surface area contributed by atoms with E-state index in [1.165, 1.54) is 4.68 Å². The van der Waals surface area contributed by atoms with Crippen molar-refractivity contribution in [2.45, 2.75) is 31.5 Å². The van der Waals surface area contributed by atoms with Crippen molar-refractivity contribution in [2.24, 2.45) is 13.0 Å². The first kappa shape index (κ1) is 14.4. The Labute approximate surface area is 126 Å². The number of nitrogens with one attached hydrogen (secondary N) is 1. The van der Waals surface area contributed by atoms with Crippen LogP contribution in [0.25, 0.3) is 0 Å². The van der Waals surface area contributed by atoms with E-state index in [1.54, 1.807) is 10.9 Å². The van der Waals surface area contributed by atoms with Gasteiger partial charge in [0.15, 0.2) is 0 Å². The number of nitrogens with zero attached hydrogens (tertiary/aromatic N) is 6. The van der Waals surface area contributed by atoms with Gasteiger partial charge in [0, 0.05) is 18.8 Å². The molecule has 1 fully saturated rings. The van der Waals surface area contributed by atoms with Crippen LogP contribution in [0.2, 0.25) is 0 Å². The number of anilines is 1. The second kappa shape index (κ2) is 5.72. The van der Waals surface area contributed by atoms with Gasteiger partial charge in [-0.1, -0.05) is 5.10 Å². The number of rotatable bonds is 5. The number of aryl methyl sites for hydroxylation is 1. The molecule has 1 atom stereocenters. The van der Waals surface area contributed by atoms with E-state index in [2.05, 4.69) is 25.9 Å². The first-order chi connectivity index (χ1) is 10.5. The normalized spacial score (nSPS) is 22.1. The van der Waals surface area contributed by atoms with Crippen LogP contribution < -0.4 is 11.1 Å². The van der Waals surface area contributed by atoms with Crippen LogP contribution in [-0.4, -0.2) is 47.1 Å². The van der Waals surface area contributed by atoms with Crippen LogP contribution >= 0.6 is 0 Å². The molecule has 0 aliphatic heterocycles. The molecule has 1 aliphatic rings. The van der Waals surface area contributed by atoms with E-state index in [-0.39, 0.29) is 36.5 Å². The first-order valence-electron chi connectivity index (χ1n) is 7.00. The number of aromatic nitrogens is 6. The maximum absolute atomic E-state index is 12.2. The minimum Gasteiger partial charge on any atom is -0.393 e. The van der Waals surface area contributed by atoms with Crippen LogP contribution in [-0.2, 0) is 18.4 Å². The van der Waals surface area contributed by atoms with Crippen molar-refractivity contribution >= 4 is 11.9 Å². The fraction of sp³-hybridized carbons (Fsp3) is 0.583. The van der Waals surface area contributed by atoms with E-state index >= 15 is 0 Å². The molecule has 118 valence electrons. The number of carbonyl (C=O) groups excluding carboxylic acids is 1. The Balaban J connectivity index is 1.70. The lowest BCUT2D eigenvalue weighted by Crippen LogP contribution is -2.42. The molecule has 2 heterocycles. The fourth-order valence-electron chi connectivity index (χ4n) is 2.66. The molecule has 0 aromatic carbocycles. The molecular weight excluding hydrogens is 288 g/mol. The van der Waals surface area contributed by atoms with Crippen LogP contribution in [0.1, 0.15) is 24.4 Å². The highest BCUT2D eigenvalue weighted by Gasteiger charge is 2.36. The van der Waals surface area contributed by atoms with E-state index in [1.807, 2.05) is 13.2 Å². The molecule has 4 N–H and O–H groups in total. The molecule has 10 heteroatoms. The van der Waals surface area contributed by atoms with Crippen molar-refractivity contribution in [1.82, 2.24) is 35.3 Å². The van der Waals surface area contributed by atoms with E-state index in [0.29, 0.717) is 12.8 Å². The van der Waals surface area contributed by atoms with E-state index < -0.39 is 0 Å². The minimum absolute atomic E-state index is 0.0507. The predicted octanol–water partition coefficient (Wildman–Crippen LogP) is -1.38. The van der Waals surface area contributed by atoms with Gasteiger partial charge in [-0.2, -0.15) is 5.10 Å². The smallest absolute Gasteiger partial charge is 0.242 e. The molecule has 0 bridgehead atoms. The van der Waals surface area contributed by atoms with Gasteiger partial charge in [-0.05, 0) is 29.2 Å². The molecule has 0 saturated heterocycles. The maximum Gasteiger partial charge on any atom is 0.242 e. The third-order valence-electron chi connectivity index (χ3n) is 3.87. The van der Waals surface area contributed by atoms with Crippen molar-refractivity contribution in [3.8, 4) is 0 Å². The number of nitrogens with two attached hydrogens (primary N) is 1. The number of aliphatic hydroxyl groups is 1. The van der Waals surface area contributed by atoms with Gasteiger partial charge >= 0.3 is 0 Å². The lowest BCUT2D eigenvalue weighted by molar-refractivity contribution is -0.123. The average molecular weight is 306 g/mol. The first-order valence-corrected chi connectivity index (χ1v) is 7.00. The molecule has 0 radical (unpaired) electrons. The van der Waals surface area contributed by atoms with Gasteiger partial charge in [0.1, 0.15) is 6.54 Å². The maximum atomic E-state index is 12.2. The lowest BCUT2D eigenvalue weighted by Gasteiger charge is -2.37. The summed E-state index contributed by atoms with van der Waals surface area (Å²) in [4.78, 5) is 12.2. The Morgan fingerprint density at radius 1 is 1.59 bits per heavy atom. The quantitative estimate of drug-likeness (QED) is 0.619. The summed E-state index contributed by atoms with van der Waals surface area (Å²) in [5, 5.41) is 27.2. The molecule has 1 aliphatic carbocycles. The summed E-state index contributed by atoms with van der Waals surface area (Å²) < 4.78 is 2.91. The summed E-state index contributed by atoms with van der Waals surface area (Å²) in [5.74, 6) is 0.0377. The largest absolute Gasteiger partial charge is 0.393 e. The molecule has 3 rings (SSSR count). The molecule has 2 aromatic rings. The van der Waals surface area contributed by atoms with Gasteiger partial charge in [-0.25, -0.2) is 4.68 Å². The molecule has 1 amide bonds. The van der Waals surface area contributed by atoms with E-state index in [4.69, 9.17) is 5.73 Å². The second-order valence-corrected chi connectivity index (χ2v) is 5.57. The summed E-state index contributed by atoms with van der Waals surface area (Å²) in [5.41, 5.74) is 6.46. The predicted molar refractivity (Wildman–Crippen MR) is 75.1 cm³/mol. The Hall–Kier alpha value is -2.49. The molecule has 1 saturated carbocycles. The van der Waals surface area contributed by atoms with Crippen molar-refractivity contribution in [3.63, 3.8) is 0 Å². The Morgan fingerprint density at radius 3 is 2.91 bits per heavy atom. The van der Waals surface area contributed by atoms with Gasteiger partial charge in [0.2, 0.25) is 11.9 Å². The molecule has 0 unspecified atom stereocenters. The molecule has 0 spiro atoms. The van der Waals surface area contributed by atoms with Gasteiger partial charge in [0.25, 0.3) is 0 Å². The molecule has 22 heavy (non-hydrogen) atoms. The number of carbonyl (C=O) groups is 1. The second-order valence-electron chi connectivity index (χ2n) is 5.57. The van der Waals surface area contributed by atoms with Gasteiger partial charge in [-0.15, -0.1) is 0 Å². The molecule has 10 nitrogen and oxygen atoms in total. The van der Waals surface area contributed by atoms with Gasteiger partial charge in [-0.3, -0.25) is 9.48 Å². The molecular formula is C12H18N8O2. The Kier molecular flexibility index (Phi) is 3.75. The summed E-state index contributed by atoms with van der Waals surface area (Å²) in [6, 6.07) is -0.192. The number of nitrogen functional groups attached to an aromatic ring is 1. The van der Waals surface area contributed by atoms with Crippen LogP contribution in [0.5, 0.6) is 0 Å². The van der Waals surface area contributed by atoms with Crippen LogP contribution in [0, 0.1) is 5.92 Å². The standard InChI is InChI=1S/C12H18N8O2/c1-19-5-8(4-14-19)11(7-2-9(21)3-7)15-10(22)6-20-12(13)16-17-18-20/h4-5,7,9,11,21H,2-3,6H2,1H3,(H,15,22)(H2,13,16,18)/t7?,9?,11-/m1/s1. The number of tetrazole rings is 1. The van der Waals surface area contributed by atoms with E-state index in [9.17, 15) is 9.90 Å². The van der Waals surface area contributed by atoms with Gasteiger partial charge in [0.05, 0.1) is 18.3 Å². The fourth-order valence-corrected chi connectivity index (χ4v) is 2.66. The molecule has 2 aromatic heterocycles. The summed E-state index contributed by atoms with van der Waals surface area (Å²) in [7, 11) is 1.82. The van der Waals surface area contributed by atoms with Crippen molar-refractivity contribution < 1.29 is 9.90 Å². The highest BCUT2D eigenvalue weighted by Crippen LogP contribution is 2.37. The lowest BCUT2D eigenvalue weighted by atomic mass is 9.75. The third-order valence-corrected chi connectivity index (χ3v) is 3.87. The number of amides is 1.